The van der Waals surface area contributed by atoms with Crippen LogP contribution in [0.15, 0.2) is 61.0 Å². The lowest BCUT2D eigenvalue weighted by atomic mass is 10.0. The number of H-pyrrole nitrogens is 1. The molecule has 1 N–H and O–H groups in total. The molecule has 150 valence electrons. The van der Waals surface area contributed by atoms with Gasteiger partial charge in [-0.25, -0.2) is 4.79 Å². The van der Waals surface area contributed by atoms with E-state index in [-0.39, 0.29) is 0 Å². The number of rotatable bonds is 7. The number of nitrogens with one attached hydrogen (secondary N) is 1. The van der Waals surface area contributed by atoms with Crippen LogP contribution in [-0.4, -0.2) is 25.2 Å². The molecule has 0 unspecified atom stereocenters. The minimum absolute atomic E-state index is 0.316. The van der Waals surface area contributed by atoms with Gasteiger partial charge in [0.2, 0.25) is 0 Å². The van der Waals surface area contributed by atoms with Gasteiger partial charge in [0.05, 0.1) is 20.5 Å². The fourth-order valence-corrected chi connectivity index (χ4v) is 3.25. The summed E-state index contributed by atoms with van der Waals surface area (Å²) in [5, 5.41) is 0. The van der Waals surface area contributed by atoms with Crippen LogP contribution in [0.5, 0.6) is 5.75 Å². The quantitative estimate of drug-likeness (QED) is 0.348. The molecule has 0 atom stereocenters. The first-order valence-corrected chi connectivity index (χ1v) is 9.32. The Morgan fingerprint density at radius 1 is 1.03 bits per heavy atom. The van der Waals surface area contributed by atoms with E-state index in [4.69, 9.17) is 14.2 Å². The van der Waals surface area contributed by atoms with Gasteiger partial charge in [-0.2, -0.15) is 0 Å². The number of ether oxygens (including phenoxy) is 3. The van der Waals surface area contributed by atoms with Crippen LogP contribution < -0.4 is 4.74 Å². The average molecular weight is 391 g/mol. The van der Waals surface area contributed by atoms with Crippen molar-refractivity contribution in [3.63, 3.8) is 0 Å². The minimum atomic E-state index is -0.457. The first-order valence-electron chi connectivity index (χ1n) is 9.32. The fourth-order valence-electron chi connectivity index (χ4n) is 3.25. The van der Waals surface area contributed by atoms with E-state index >= 15 is 0 Å². The summed E-state index contributed by atoms with van der Waals surface area (Å²) >= 11 is 0. The SMILES string of the molecule is COC=C(C(=O)OC)c1ccccc1COc1cc(C)c(-c2ccc[nH]2)cc1C. The van der Waals surface area contributed by atoms with E-state index in [2.05, 4.69) is 24.0 Å². The molecule has 0 aliphatic carbocycles. The first kappa shape index (κ1) is 20.3. The first-order chi connectivity index (χ1) is 14.0. The zero-order valence-electron chi connectivity index (χ0n) is 17.1. The van der Waals surface area contributed by atoms with E-state index in [0.29, 0.717) is 12.2 Å². The third-order valence-electron chi connectivity index (χ3n) is 4.74. The van der Waals surface area contributed by atoms with Crippen molar-refractivity contribution < 1.29 is 19.0 Å². The number of carbonyl (C=O) groups excluding carboxylic acids is 1. The van der Waals surface area contributed by atoms with Crippen molar-refractivity contribution in [1.29, 1.82) is 0 Å². The molecule has 3 rings (SSSR count). The monoisotopic (exact) mass is 391 g/mol. The number of methoxy groups -OCH3 is 2. The van der Waals surface area contributed by atoms with E-state index < -0.39 is 5.97 Å². The maximum absolute atomic E-state index is 12.2. The van der Waals surface area contributed by atoms with Crippen molar-refractivity contribution in [1.82, 2.24) is 4.98 Å². The number of aromatic nitrogens is 1. The number of esters is 1. The van der Waals surface area contributed by atoms with Crippen LogP contribution >= 0.6 is 0 Å². The van der Waals surface area contributed by atoms with E-state index in [0.717, 1.165) is 39.3 Å². The summed E-state index contributed by atoms with van der Waals surface area (Å²) in [7, 11) is 2.85. The van der Waals surface area contributed by atoms with Crippen LogP contribution in [0.2, 0.25) is 0 Å². The Morgan fingerprint density at radius 2 is 1.83 bits per heavy atom. The predicted molar refractivity (Wildman–Crippen MR) is 113 cm³/mol. The molecule has 29 heavy (non-hydrogen) atoms. The van der Waals surface area contributed by atoms with Gasteiger partial charge in [-0.05, 0) is 60.4 Å². The van der Waals surface area contributed by atoms with E-state index in [1.54, 1.807) is 0 Å². The van der Waals surface area contributed by atoms with Crippen LogP contribution in [-0.2, 0) is 20.9 Å². The van der Waals surface area contributed by atoms with Crippen LogP contribution in [0, 0.1) is 13.8 Å². The smallest absolute Gasteiger partial charge is 0.341 e. The Labute approximate surface area is 170 Å². The standard InChI is InChI=1S/C24H25NO4/c1-16-13-23(17(2)12-20(16)22-10-7-11-25-22)29-14-18-8-5-6-9-19(18)21(15-27-3)24(26)28-4/h5-13,15,25H,14H2,1-4H3. The van der Waals surface area contributed by atoms with E-state index in [9.17, 15) is 4.79 Å². The van der Waals surface area contributed by atoms with E-state index in [1.807, 2.05) is 49.5 Å². The van der Waals surface area contributed by atoms with Gasteiger partial charge in [0.25, 0.3) is 0 Å². The molecule has 1 aromatic heterocycles. The molecule has 0 bridgehead atoms. The molecule has 0 spiro atoms. The second-order valence-electron chi connectivity index (χ2n) is 6.72. The Kier molecular flexibility index (Phi) is 6.39. The maximum Gasteiger partial charge on any atom is 0.341 e. The highest BCUT2D eigenvalue weighted by Crippen LogP contribution is 2.30. The largest absolute Gasteiger partial charge is 0.503 e. The number of aromatic amines is 1. The minimum Gasteiger partial charge on any atom is -0.503 e. The summed E-state index contributed by atoms with van der Waals surface area (Å²) in [4.78, 5) is 15.4. The molecule has 5 nitrogen and oxygen atoms in total. The number of aryl methyl sites for hydroxylation is 2. The molecule has 0 fully saturated rings. The fraction of sp³-hybridized carbons (Fsp3) is 0.208. The van der Waals surface area contributed by atoms with Crippen molar-refractivity contribution in [3.8, 4) is 17.0 Å². The van der Waals surface area contributed by atoms with Gasteiger partial charge in [-0.3, -0.25) is 0 Å². The van der Waals surface area contributed by atoms with Crippen molar-refractivity contribution in [2.45, 2.75) is 20.5 Å². The van der Waals surface area contributed by atoms with Crippen LogP contribution in [0.1, 0.15) is 22.3 Å². The molecule has 1 heterocycles. The Bertz CT molecular complexity index is 1020. The number of hydrogen-bond acceptors (Lipinski definition) is 4. The van der Waals surface area contributed by atoms with Gasteiger partial charge >= 0.3 is 5.97 Å². The second kappa shape index (κ2) is 9.15. The normalized spacial score (nSPS) is 11.2. The van der Waals surface area contributed by atoms with Gasteiger partial charge in [-0.15, -0.1) is 0 Å². The van der Waals surface area contributed by atoms with Crippen molar-refractivity contribution >= 4 is 11.5 Å². The molecule has 5 heteroatoms. The summed E-state index contributed by atoms with van der Waals surface area (Å²) in [5.74, 6) is 0.351. The molecule has 0 saturated heterocycles. The molecule has 0 amide bonds. The lowest BCUT2D eigenvalue weighted by Crippen LogP contribution is -2.08. The van der Waals surface area contributed by atoms with Gasteiger partial charge in [0.1, 0.15) is 17.9 Å². The maximum atomic E-state index is 12.2. The summed E-state index contributed by atoms with van der Waals surface area (Å²) in [5.41, 5.74) is 6.33. The van der Waals surface area contributed by atoms with Crippen LogP contribution in [0.4, 0.5) is 0 Å². The molecule has 0 saturated carbocycles. The molecule has 2 aromatic carbocycles. The predicted octanol–water partition coefficient (Wildman–Crippen LogP) is 5.04. The topological polar surface area (TPSA) is 60.6 Å². The molecule has 0 aliphatic heterocycles. The summed E-state index contributed by atoms with van der Waals surface area (Å²) < 4.78 is 16.1. The highest BCUT2D eigenvalue weighted by molar-refractivity contribution is 6.16. The number of benzene rings is 2. The third-order valence-corrected chi connectivity index (χ3v) is 4.74. The van der Waals surface area contributed by atoms with Crippen molar-refractivity contribution in [2.75, 3.05) is 14.2 Å². The van der Waals surface area contributed by atoms with Crippen LogP contribution in [0.25, 0.3) is 16.8 Å². The van der Waals surface area contributed by atoms with E-state index in [1.165, 1.54) is 20.5 Å². The second-order valence-corrected chi connectivity index (χ2v) is 6.72. The zero-order valence-corrected chi connectivity index (χ0v) is 17.1. The van der Waals surface area contributed by atoms with Gasteiger partial charge in [0.15, 0.2) is 0 Å². The average Bonchev–Trinajstić information content (AvgIpc) is 3.26. The Morgan fingerprint density at radius 3 is 2.52 bits per heavy atom. The van der Waals surface area contributed by atoms with Crippen LogP contribution in [0.3, 0.4) is 0 Å². The summed E-state index contributed by atoms with van der Waals surface area (Å²) in [6.07, 6.45) is 3.31. The molecular weight excluding hydrogens is 366 g/mol. The van der Waals surface area contributed by atoms with Crippen molar-refractivity contribution in [3.05, 3.63) is 83.2 Å². The lowest BCUT2D eigenvalue weighted by Gasteiger charge is -2.15. The highest BCUT2D eigenvalue weighted by Gasteiger charge is 2.17. The highest BCUT2D eigenvalue weighted by atomic mass is 16.5. The molecular formula is C24H25NO4. The van der Waals surface area contributed by atoms with Crippen molar-refractivity contribution in [2.24, 2.45) is 0 Å². The summed E-state index contributed by atoms with van der Waals surface area (Å²) in [6, 6.07) is 15.8. The third kappa shape index (κ3) is 4.51. The molecule has 0 aliphatic rings. The Balaban J connectivity index is 1.87. The summed E-state index contributed by atoms with van der Waals surface area (Å²) in [6.45, 7) is 4.40. The zero-order chi connectivity index (χ0) is 20.8. The van der Waals surface area contributed by atoms with Gasteiger partial charge in [0, 0.05) is 17.5 Å². The Hall–Kier alpha value is -3.47. The van der Waals surface area contributed by atoms with Gasteiger partial charge in [-0.1, -0.05) is 24.3 Å². The number of carbonyl (C=O) groups is 1. The van der Waals surface area contributed by atoms with Gasteiger partial charge < -0.3 is 19.2 Å². The number of hydrogen-bond donors (Lipinski definition) is 1. The molecule has 3 aromatic rings. The lowest BCUT2D eigenvalue weighted by molar-refractivity contribution is -0.133. The molecule has 0 radical (unpaired) electrons.